The third kappa shape index (κ3) is 2.74. The Morgan fingerprint density at radius 3 is 2.61 bits per heavy atom. The van der Waals surface area contributed by atoms with Gasteiger partial charge >= 0.3 is 0 Å². The molecule has 3 rings (SSSR count). The van der Waals surface area contributed by atoms with Gasteiger partial charge in [-0.15, -0.1) is 0 Å². The summed E-state index contributed by atoms with van der Waals surface area (Å²) in [5, 5.41) is 7.28. The van der Waals surface area contributed by atoms with Crippen molar-refractivity contribution in [2.24, 2.45) is 7.05 Å². The van der Waals surface area contributed by atoms with Crippen molar-refractivity contribution in [2.75, 3.05) is 13.2 Å². The largest absolute Gasteiger partial charge is 0.376 e. The molecule has 0 bridgehead atoms. The van der Waals surface area contributed by atoms with Gasteiger partial charge in [-0.25, -0.2) is 4.39 Å². The van der Waals surface area contributed by atoms with Crippen molar-refractivity contribution in [3.63, 3.8) is 0 Å². The molecule has 2 aromatic rings. The van der Waals surface area contributed by atoms with Gasteiger partial charge in [0.2, 0.25) is 5.91 Å². The van der Waals surface area contributed by atoms with Crippen molar-refractivity contribution in [3.8, 4) is 0 Å². The quantitative estimate of drug-likeness (QED) is 0.935. The van der Waals surface area contributed by atoms with Gasteiger partial charge in [0.1, 0.15) is 11.4 Å². The first-order chi connectivity index (χ1) is 10.9. The highest BCUT2D eigenvalue weighted by atomic mass is 19.1. The minimum Gasteiger partial charge on any atom is -0.376 e. The maximum absolute atomic E-state index is 14.1. The molecular formula is C17H20FN3O2. The van der Waals surface area contributed by atoms with Gasteiger partial charge in [0.05, 0.1) is 25.3 Å². The van der Waals surface area contributed by atoms with E-state index < -0.39 is 5.54 Å². The Hall–Kier alpha value is -2.21. The van der Waals surface area contributed by atoms with Crippen LogP contribution in [0.25, 0.3) is 0 Å². The van der Waals surface area contributed by atoms with Gasteiger partial charge < -0.3 is 10.1 Å². The van der Waals surface area contributed by atoms with Crippen LogP contribution in [-0.4, -0.2) is 28.9 Å². The fraction of sp³-hybridized carbons (Fsp3) is 0.412. The van der Waals surface area contributed by atoms with Gasteiger partial charge in [-0.1, -0.05) is 18.2 Å². The van der Waals surface area contributed by atoms with E-state index in [4.69, 9.17) is 4.74 Å². The van der Waals surface area contributed by atoms with Crippen molar-refractivity contribution in [1.82, 2.24) is 15.1 Å². The maximum atomic E-state index is 14.1. The number of aryl methyl sites for hydroxylation is 2. The zero-order chi connectivity index (χ0) is 16.6. The van der Waals surface area contributed by atoms with Crippen LogP contribution in [0.5, 0.6) is 0 Å². The number of halogens is 1. The molecular weight excluding hydrogens is 297 g/mol. The molecule has 122 valence electrons. The number of benzene rings is 1. The van der Waals surface area contributed by atoms with Gasteiger partial charge in [-0.3, -0.25) is 9.48 Å². The number of hydrogen-bond donors (Lipinski definition) is 1. The number of amides is 1. The van der Waals surface area contributed by atoms with Crippen molar-refractivity contribution in [1.29, 1.82) is 0 Å². The second kappa shape index (κ2) is 5.77. The third-order valence-electron chi connectivity index (χ3n) is 4.46. The van der Waals surface area contributed by atoms with Crippen LogP contribution >= 0.6 is 0 Å². The number of rotatable bonds is 4. The fourth-order valence-electron chi connectivity index (χ4n) is 3.00. The highest BCUT2D eigenvalue weighted by Gasteiger charge is 2.43. The Morgan fingerprint density at radius 1 is 1.39 bits per heavy atom. The van der Waals surface area contributed by atoms with Gasteiger partial charge in [-0.05, 0) is 19.9 Å². The van der Waals surface area contributed by atoms with Crippen LogP contribution in [0.3, 0.4) is 0 Å². The Bertz CT molecular complexity index is 750. The van der Waals surface area contributed by atoms with Crippen LogP contribution in [0.1, 0.15) is 22.5 Å². The minimum atomic E-state index is -0.771. The molecule has 1 amide bonds. The fourth-order valence-corrected chi connectivity index (χ4v) is 3.00. The zero-order valence-electron chi connectivity index (χ0n) is 13.5. The van der Waals surface area contributed by atoms with Gasteiger partial charge in [0, 0.05) is 23.9 Å². The van der Waals surface area contributed by atoms with E-state index in [0.29, 0.717) is 5.56 Å². The number of carbonyl (C=O) groups excluding carboxylic acids is 1. The van der Waals surface area contributed by atoms with Crippen molar-refractivity contribution >= 4 is 5.91 Å². The van der Waals surface area contributed by atoms with Crippen LogP contribution in [0.15, 0.2) is 24.3 Å². The molecule has 0 unspecified atom stereocenters. The topological polar surface area (TPSA) is 56.2 Å². The molecule has 2 heterocycles. The number of carbonyl (C=O) groups is 1. The van der Waals surface area contributed by atoms with E-state index in [1.165, 1.54) is 6.07 Å². The average molecular weight is 317 g/mol. The summed E-state index contributed by atoms with van der Waals surface area (Å²) in [6, 6.07) is 6.49. The summed E-state index contributed by atoms with van der Waals surface area (Å²) >= 11 is 0. The van der Waals surface area contributed by atoms with E-state index in [2.05, 4.69) is 10.4 Å². The molecule has 1 N–H and O–H groups in total. The predicted molar refractivity (Wildman–Crippen MR) is 83.4 cm³/mol. The van der Waals surface area contributed by atoms with E-state index in [1.807, 2.05) is 20.9 Å². The SMILES string of the molecule is Cc1nn(C)c(C)c1CC(=O)NC1(c2ccccc2F)COC1. The number of nitrogens with zero attached hydrogens (tertiary/aromatic N) is 2. The number of aromatic nitrogens is 2. The molecule has 1 aliphatic heterocycles. The molecule has 1 aliphatic rings. The normalized spacial score (nSPS) is 16.0. The summed E-state index contributed by atoms with van der Waals surface area (Å²) in [5.74, 6) is -0.486. The van der Waals surface area contributed by atoms with E-state index in [9.17, 15) is 9.18 Å². The third-order valence-corrected chi connectivity index (χ3v) is 4.46. The Balaban J connectivity index is 1.80. The van der Waals surface area contributed by atoms with Crippen molar-refractivity contribution < 1.29 is 13.9 Å². The molecule has 0 radical (unpaired) electrons. The van der Waals surface area contributed by atoms with Crippen LogP contribution in [-0.2, 0) is 28.5 Å². The summed E-state index contributed by atoms with van der Waals surface area (Å²) in [6.07, 6.45) is 0.224. The Labute approximate surface area is 134 Å². The monoisotopic (exact) mass is 317 g/mol. The van der Waals surface area contributed by atoms with Gasteiger partial charge in [0.25, 0.3) is 0 Å². The minimum absolute atomic E-state index is 0.157. The number of nitrogens with one attached hydrogen (secondary N) is 1. The second-order valence-electron chi connectivity index (χ2n) is 6.05. The predicted octanol–water partition coefficient (Wildman–Crippen LogP) is 1.76. The summed E-state index contributed by atoms with van der Waals surface area (Å²) in [4.78, 5) is 12.5. The molecule has 1 fully saturated rings. The van der Waals surface area contributed by atoms with E-state index >= 15 is 0 Å². The Morgan fingerprint density at radius 2 is 2.09 bits per heavy atom. The Kier molecular flexibility index (Phi) is 3.93. The lowest BCUT2D eigenvalue weighted by atomic mass is 9.87. The molecule has 6 heteroatoms. The highest BCUT2D eigenvalue weighted by Crippen LogP contribution is 2.31. The van der Waals surface area contributed by atoms with Gasteiger partial charge in [-0.2, -0.15) is 5.10 Å². The lowest BCUT2D eigenvalue weighted by Gasteiger charge is -2.42. The molecule has 0 aliphatic carbocycles. The summed E-state index contributed by atoms with van der Waals surface area (Å²) in [6.45, 7) is 4.38. The summed E-state index contributed by atoms with van der Waals surface area (Å²) in [5.41, 5.74) is 2.41. The van der Waals surface area contributed by atoms with Crippen molar-refractivity contribution in [2.45, 2.75) is 25.8 Å². The lowest BCUT2D eigenvalue weighted by molar-refractivity contribution is -0.133. The average Bonchev–Trinajstić information content (AvgIpc) is 2.70. The zero-order valence-corrected chi connectivity index (χ0v) is 13.5. The molecule has 23 heavy (non-hydrogen) atoms. The highest BCUT2D eigenvalue weighted by molar-refractivity contribution is 5.80. The van der Waals surface area contributed by atoms with Crippen molar-refractivity contribution in [3.05, 3.63) is 52.6 Å². The van der Waals surface area contributed by atoms with E-state index in [1.54, 1.807) is 22.9 Å². The van der Waals surface area contributed by atoms with Crippen LogP contribution in [0, 0.1) is 19.7 Å². The molecule has 1 aromatic carbocycles. The molecule has 0 atom stereocenters. The van der Waals surface area contributed by atoms with Crippen LogP contribution in [0.4, 0.5) is 4.39 Å². The first kappa shape index (κ1) is 15.7. The van der Waals surface area contributed by atoms with Crippen LogP contribution in [0.2, 0.25) is 0 Å². The molecule has 5 nitrogen and oxygen atoms in total. The summed E-state index contributed by atoms with van der Waals surface area (Å²) < 4.78 is 21.1. The molecule has 0 spiro atoms. The smallest absolute Gasteiger partial charge is 0.225 e. The maximum Gasteiger partial charge on any atom is 0.225 e. The second-order valence-corrected chi connectivity index (χ2v) is 6.05. The van der Waals surface area contributed by atoms with Crippen LogP contribution < -0.4 is 5.32 Å². The molecule has 0 saturated carbocycles. The van der Waals surface area contributed by atoms with E-state index in [0.717, 1.165) is 17.0 Å². The molecule has 1 aromatic heterocycles. The molecule has 1 saturated heterocycles. The first-order valence-electron chi connectivity index (χ1n) is 7.56. The van der Waals surface area contributed by atoms with E-state index in [-0.39, 0.29) is 31.4 Å². The number of hydrogen-bond acceptors (Lipinski definition) is 3. The summed E-state index contributed by atoms with van der Waals surface area (Å²) in [7, 11) is 1.85. The number of ether oxygens (including phenoxy) is 1. The first-order valence-corrected chi connectivity index (χ1v) is 7.56. The van der Waals surface area contributed by atoms with Gasteiger partial charge in [0.15, 0.2) is 0 Å². The standard InChI is InChI=1S/C17H20FN3O2/c1-11-13(12(2)21(3)20-11)8-16(22)19-17(9-23-10-17)14-6-4-5-7-15(14)18/h4-7H,8-10H2,1-3H3,(H,19,22). The lowest BCUT2D eigenvalue weighted by Crippen LogP contribution is -2.60.